The van der Waals surface area contributed by atoms with Gasteiger partial charge in [-0.15, -0.1) is 0 Å². The smallest absolute Gasteiger partial charge is 0.240 e. The van der Waals surface area contributed by atoms with E-state index in [1.807, 2.05) is 0 Å². The molecule has 6 nitrogen and oxygen atoms in total. The SMILES string of the molecule is COc1ccc(NC(=O)CCNS(=O)(=O)c2ccc(Br)cc2)cc1Cl. The van der Waals surface area contributed by atoms with Gasteiger partial charge in [-0.3, -0.25) is 4.79 Å². The molecule has 0 aromatic heterocycles. The van der Waals surface area contributed by atoms with Crippen LogP contribution in [0.5, 0.6) is 5.75 Å². The fourth-order valence-electron chi connectivity index (χ4n) is 1.96. The number of benzene rings is 2. The van der Waals surface area contributed by atoms with Crippen molar-refractivity contribution in [1.29, 1.82) is 0 Å². The monoisotopic (exact) mass is 446 g/mol. The van der Waals surface area contributed by atoms with Gasteiger partial charge in [-0.25, -0.2) is 13.1 Å². The summed E-state index contributed by atoms with van der Waals surface area (Å²) >= 11 is 9.23. The third-order valence-electron chi connectivity index (χ3n) is 3.20. The number of hydrogen-bond donors (Lipinski definition) is 2. The maximum Gasteiger partial charge on any atom is 0.240 e. The molecule has 0 aliphatic rings. The fourth-order valence-corrected chi connectivity index (χ4v) is 3.52. The Kier molecular flexibility index (Phi) is 6.83. The number of carbonyl (C=O) groups is 1. The van der Waals surface area contributed by atoms with Crippen LogP contribution in [0.4, 0.5) is 5.69 Å². The number of hydrogen-bond acceptors (Lipinski definition) is 4. The summed E-state index contributed by atoms with van der Waals surface area (Å²) in [5, 5.41) is 3.02. The van der Waals surface area contributed by atoms with E-state index in [-0.39, 0.29) is 23.8 Å². The molecule has 0 heterocycles. The minimum Gasteiger partial charge on any atom is -0.495 e. The molecule has 0 unspecified atom stereocenters. The van der Waals surface area contributed by atoms with E-state index in [1.54, 1.807) is 30.3 Å². The summed E-state index contributed by atoms with van der Waals surface area (Å²) < 4.78 is 32.4. The quantitative estimate of drug-likeness (QED) is 0.681. The van der Waals surface area contributed by atoms with Crippen LogP contribution >= 0.6 is 27.5 Å². The Morgan fingerprint density at radius 2 is 1.88 bits per heavy atom. The van der Waals surface area contributed by atoms with Gasteiger partial charge < -0.3 is 10.1 Å². The summed E-state index contributed by atoms with van der Waals surface area (Å²) in [5.74, 6) is 0.168. The van der Waals surface area contributed by atoms with E-state index in [0.29, 0.717) is 16.5 Å². The maximum atomic E-state index is 12.1. The van der Waals surface area contributed by atoms with Crippen LogP contribution in [0.2, 0.25) is 5.02 Å². The number of ether oxygens (including phenoxy) is 1. The Labute approximate surface area is 159 Å². The second kappa shape index (κ2) is 8.66. The summed E-state index contributed by atoms with van der Waals surface area (Å²) in [7, 11) is -2.15. The number of anilines is 1. The van der Waals surface area contributed by atoms with Gasteiger partial charge in [0.25, 0.3) is 0 Å². The number of rotatable bonds is 7. The molecule has 0 bridgehead atoms. The van der Waals surface area contributed by atoms with Gasteiger partial charge in [0.1, 0.15) is 5.75 Å². The van der Waals surface area contributed by atoms with Crippen molar-refractivity contribution in [2.75, 3.05) is 19.0 Å². The van der Waals surface area contributed by atoms with Crippen LogP contribution in [0.3, 0.4) is 0 Å². The average molecular weight is 448 g/mol. The molecule has 0 spiro atoms. The van der Waals surface area contributed by atoms with Crippen molar-refractivity contribution in [3.05, 3.63) is 52.0 Å². The van der Waals surface area contributed by atoms with E-state index in [1.165, 1.54) is 19.2 Å². The van der Waals surface area contributed by atoms with Gasteiger partial charge in [-0.2, -0.15) is 0 Å². The summed E-state index contributed by atoms with van der Waals surface area (Å²) in [6.45, 7) is -0.0197. The first-order valence-electron chi connectivity index (χ1n) is 7.20. The first-order valence-corrected chi connectivity index (χ1v) is 9.86. The van der Waals surface area contributed by atoms with E-state index in [0.717, 1.165) is 4.47 Å². The largest absolute Gasteiger partial charge is 0.495 e. The van der Waals surface area contributed by atoms with E-state index in [2.05, 4.69) is 26.0 Å². The van der Waals surface area contributed by atoms with E-state index in [4.69, 9.17) is 16.3 Å². The fraction of sp³-hybridized carbons (Fsp3) is 0.188. The molecule has 2 N–H and O–H groups in total. The van der Waals surface area contributed by atoms with Gasteiger partial charge in [0.2, 0.25) is 15.9 Å². The molecule has 2 rings (SSSR count). The van der Waals surface area contributed by atoms with E-state index in [9.17, 15) is 13.2 Å². The standard InChI is InChI=1S/C16H16BrClN2O4S/c1-24-15-7-4-12(10-14(15)18)20-16(21)8-9-19-25(22,23)13-5-2-11(17)3-6-13/h2-7,10,19H,8-9H2,1H3,(H,20,21). The molecular formula is C16H16BrClN2O4S. The molecule has 9 heteroatoms. The third kappa shape index (κ3) is 5.71. The molecule has 25 heavy (non-hydrogen) atoms. The third-order valence-corrected chi connectivity index (χ3v) is 5.50. The lowest BCUT2D eigenvalue weighted by Gasteiger charge is -2.09. The highest BCUT2D eigenvalue weighted by Gasteiger charge is 2.14. The molecule has 0 fully saturated rings. The zero-order valence-corrected chi connectivity index (χ0v) is 16.4. The molecule has 0 atom stereocenters. The van der Waals surface area contributed by atoms with Gasteiger partial charge >= 0.3 is 0 Å². The minimum atomic E-state index is -3.65. The van der Waals surface area contributed by atoms with Gasteiger partial charge in [-0.05, 0) is 42.5 Å². The number of methoxy groups -OCH3 is 1. The zero-order chi connectivity index (χ0) is 18.4. The van der Waals surface area contributed by atoms with Gasteiger partial charge in [0.15, 0.2) is 0 Å². The molecule has 2 aromatic carbocycles. The lowest BCUT2D eigenvalue weighted by atomic mass is 10.3. The van der Waals surface area contributed by atoms with Crippen LogP contribution < -0.4 is 14.8 Å². The number of nitrogens with one attached hydrogen (secondary N) is 2. The Bertz CT molecular complexity index is 857. The lowest BCUT2D eigenvalue weighted by Crippen LogP contribution is -2.27. The number of amides is 1. The molecule has 0 radical (unpaired) electrons. The molecular weight excluding hydrogens is 432 g/mol. The normalized spacial score (nSPS) is 11.2. The highest BCUT2D eigenvalue weighted by molar-refractivity contribution is 9.10. The zero-order valence-electron chi connectivity index (χ0n) is 13.3. The van der Waals surface area contributed by atoms with Crippen LogP contribution in [-0.4, -0.2) is 28.0 Å². The van der Waals surface area contributed by atoms with Gasteiger partial charge in [0.05, 0.1) is 17.0 Å². The van der Waals surface area contributed by atoms with Crippen molar-refractivity contribution < 1.29 is 17.9 Å². The second-order valence-corrected chi connectivity index (χ2v) is 8.09. The highest BCUT2D eigenvalue weighted by atomic mass is 79.9. The number of sulfonamides is 1. The molecule has 2 aromatic rings. The highest BCUT2D eigenvalue weighted by Crippen LogP contribution is 2.27. The molecule has 134 valence electrons. The Balaban J connectivity index is 1.87. The van der Waals surface area contributed by atoms with Crippen molar-refractivity contribution in [3.8, 4) is 5.75 Å². The van der Waals surface area contributed by atoms with Crippen molar-refractivity contribution in [3.63, 3.8) is 0 Å². The van der Waals surface area contributed by atoms with E-state index >= 15 is 0 Å². The topological polar surface area (TPSA) is 84.5 Å². The Morgan fingerprint density at radius 1 is 1.20 bits per heavy atom. The molecule has 0 saturated carbocycles. The van der Waals surface area contributed by atoms with Crippen molar-refractivity contribution in [2.24, 2.45) is 0 Å². The van der Waals surface area contributed by atoms with Crippen LogP contribution in [0.25, 0.3) is 0 Å². The molecule has 0 aliphatic heterocycles. The van der Waals surface area contributed by atoms with Gasteiger partial charge in [0, 0.05) is 23.1 Å². The van der Waals surface area contributed by atoms with Crippen LogP contribution in [0.1, 0.15) is 6.42 Å². The molecule has 0 aliphatic carbocycles. The molecule has 1 amide bonds. The van der Waals surface area contributed by atoms with Crippen LogP contribution in [-0.2, 0) is 14.8 Å². The second-order valence-electron chi connectivity index (χ2n) is 5.00. The first kappa shape index (κ1) is 19.7. The summed E-state index contributed by atoms with van der Waals surface area (Å²) in [6.07, 6.45) is -0.0145. The Morgan fingerprint density at radius 3 is 2.48 bits per heavy atom. The first-order chi connectivity index (χ1) is 11.8. The number of carbonyl (C=O) groups excluding carboxylic acids is 1. The van der Waals surface area contributed by atoms with Crippen molar-refractivity contribution in [2.45, 2.75) is 11.3 Å². The van der Waals surface area contributed by atoms with Crippen LogP contribution in [0.15, 0.2) is 51.8 Å². The van der Waals surface area contributed by atoms with Gasteiger partial charge in [-0.1, -0.05) is 27.5 Å². The summed E-state index contributed by atoms with van der Waals surface area (Å²) in [4.78, 5) is 12.1. The summed E-state index contributed by atoms with van der Waals surface area (Å²) in [6, 6.07) is 11.1. The van der Waals surface area contributed by atoms with Crippen LogP contribution in [0, 0.1) is 0 Å². The number of halogens is 2. The van der Waals surface area contributed by atoms with Crippen molar-refractivity contribution in [1.82, 2.24) is 4.72 Å². The maximum absolute atomic E-state index is 12.1. The van der Waals surface area contributed by atoms with Crippen molar-refractivity contribution >= 4 is 49.1 Å². The summed E-state index contributed by atoms with van der Waals surface area (Å²) in [5.41, 5.74) is 0.506. The Hall–Kier alpha value is -1.61. The molecule has 0 saturated heterocycles. The minimum absolute atomic E-state index is 0.0145. The lowest BCUT2D eigenvalue weighted by molar-refractivity contribution is -0.116. The van der Waals surface area contributed by atoms with E-state index < -0.39 is 10.0 Å². The average Bonchev–Trinajstić information content (AvgIpc) is 2.55. The predicted molar refractivity (Wildman–Crippen MR) is 101 cm³/mol. The predicted octanol–water partition coefficient (Wildman–Crippen LogP) is 3.42.